The van der Waals surface area contributed by atoms with E-state index in [1.807, 2.05) is 60.7 Å². The largest absolute Gasteiger partial charge is 0.507 e. The van der Waals surface area contributed by atoms with E-state index in [9.17, 15) is 10.2 Å². The molecule has 0 radical (unpaired) electrons. The average molecular weight is 390 g/mol. The molecule has 0 saturated heterocycles. The van der Waals surface area contributed by atoms with Crippen LogP contribution in [0.2, 0.25) is 0 Å². The van der Waals surface area contributed by atoms with Crippen LogP contribution in [-0.2, 0) is 4.74 Å². The zero-order valence-electron chi connectivity index (χ0n) is 15.9. The first-order valence-electron chi connectivity index (χ1n) is 9.47. The first kappa shape index (κ1) is 18.9. The predicted molar refractivity (Wildman–Crippen MR) is 113 cm³/mol. The third-order valence-electron chi connectivity index (χ3n) is 4.65. The zero-order valence-corrected chi connectivity index (χ0v) is 15.9. The van der Waals surface area contributed by atoms with Crippen molar-refractivity contribution >= 4 is 21.5 Å². The van der Waals surface area contributed by atoms with Crippen LogP contribution in [0, 0.1) is 0 Å². The fraction of sp³-hybridized carbons (Fsp3) is 0.167. The molecule has 4 rings (SSSR count). The van der Waals surface area contributed by atoms with Gasteiger partial charge in [0.05, 0.1) is 13.2 Å². The Morgan fingerprint density at radius 1 is 0.552 bits per heavy atom. The number of phenols is 2. The monoisotopic (exact) mass is 390 g/mol. The van der Waals surface area contributed by atoms with E-state index in [1.165, 1.54) is 0 Å². The molecule has 0 aliphatic rings. The number of hydrogen-bond donors (Lipinski definition) is 2. The minimum atomic E-state index is 0.264. The standard InChI is InChI=1S/C24H22O5/c25-23-5-1-3-17-15-19(7-9-21(17)23)28-13-11-27-12-14-29-20-8-10-22-18(16-20)4-2-6-24(22)26/h1-10,15-16,25-26H,11-14H2. The molecular weight excluding hydrogens is 368 g/mol. The summed E-state index contributed by atoms with van der Waals surface area (Å²) in [6, 6.07) is 22.0. The zero-order chi connectivity index (χ0) is 20.1. The van der Waals surface area contributed by atoms with Crippen molar-refractivity contribution in [2.24, 2.45) is 0 Å². The third-order valence-corrected chi connectivity index (χ3v) is 4.65. The van der Waals surface area contributed by atoms with Crippen molar-refractivity contribution in [2.75, 3.05) is 26.4 Å². The highest BCUT2D eigenvalue weighted by molar-refractivity contribution is 5.89. The second-order valence-corrected chi connectivity index (χ2v) is 6.63. The van der Waals surface area contributed by atoms with Gasteiger partial charge in [0, 0.05) is 10.8 Å². The lowest BCUT2D eigenvalue weighted by Crippen LogP contribution is -2.12. The maximum absolute atomic E-state index is 9.82. The van der Waals surface area contributed by atoms with Crippen molar-refractivity contribution in [3.63, 3.8) is 0 Å². The van der Waals surface area contributed by atoms with Crippen LogP contribution in [0.4, 0.5) is 0 Å². The van der Waals surface area contributed by atoms with Gasteiger partial charge in [-0.05, 0) is 59.3 Å². The van der Waals surface area contributed by atoms with Crippen molar-refractivity contribution in [2.45, 2.75) is 0 Å². The van der Waals surface area contributed by atoms with Gasteiger partial charge in [0.2, 0.25) is 0 Å². The number of phenolic OH excluding ortho intramolecular Hbond substituents is 2. The Morgan fingerprint density at radius 3 is 1.52 bits per heavy atom. The molecule has 4 aromatic rings. The van der Waals surface area contributed by atoms with Crippen LogP contribution in [0.25, 0.3) is 21.5 Å². The van der Waals surface area contributed by atoms with Gasteiger partial charge in [-0.2, -0.15) is 0 Å². The van der Waals surface area contributed by atoms with Gasteiger partial charge in [-0.3, -0.25) is 0 Å². The van der Waals surface area contributed by atoms with Crippen molar-refractivity contribution in [1.29, 1.82) is 0 Å². The van der Waals surface area contributed by atoms with Crippen LogP contribution in [-0.4, -0.2) is 36.6 Å². The van der Waals surface area contributed by atoms with Crippen LogP contribution in [0.3, 0.4) is 0 Å². The lowest BCUT2D eigenvalue weighted by Gasteiger charge is -2.10. The molecule has 0 bridgehead atoms. The summed E-state index contributed by atoms with van der Waals surface area (Å²) >= 11 is 0. The molecule has 0 aromatic heterocycles. The van der Waals surface area contributed by atoms with E-state index >= 15 is 0 Å². The summed E-state index contributed by atoms with van der Waals surface area (Å²) in [4.78, 5) is 0. The van der Waals surface area contributed by atoms with E-state index in [-0.39, 0.29) is 11.5 Å². The first-order chi connectivity index (χ1) is 14.2. The fourth-order valence-corrected chi connectivity index (χ4v) is 3.21. The highest BCUT2D eigenvalue weighted by atomic mass is 16.5. The second-order valence-electron chi connectivity index (χ2n) is 6.63. The molecule has 4 aromatic carbocycles. The Morgan fingerprint density at radius 2 is 1.03 bits per heavy atom. The lowest BCUT2D eigenvalue weighted by molar-refractivity contribution is 0.0765. The van der Waals surface area contributed by atoms with Gasteiger partial charge in [-0.1, -0.05) is 24.3 Å². The van der Waals surface area contributed by atoms with Crippen LogP contribution >= 0.6 is 0 Å². The molecule has 0 fully saturated rings. The van der Waals surface area contributed by atoms with Gasteiger partial charge in [-0.15, -0.1) is 0 Å². The van der Waals surface area contributed by atoms with Gasteiger partial charge in [-0.25, -0.2) is 0 Å². The summed E-state index contributed by atoms with van der Waals surface area (Å²) in [5.74, 6) is 2.01. The predicted octanol–water partition coefficient (Wildman–Crippen LogP) is 4.88. The molecule has 0 spiro atoms. The van der Waals surface area contributed by atoms with Gasteiger partial charge >= 0.3 is 0 Å². The summed E-state index contributed by atoms with van der Waals surface area (Å²) in [6.45, 7) is 1.76. The van der Waals surface area contributed by atoms with E-state index in [0.29, 0.717) is 26.4 Å². The second kappa shape index (κ2) is 8.71. The van der Waals surface area contributed by atoms with Crippen molar-refractivity contribution in [3.05, 3.63) is 72.8 Å². The highest BCUT2D eigenvalue weighted by Gasteiger charge is 2.03. The summed E-state index contributed by atoms with van der Waals surface area (Å²) in [5, 5.41) is 23.1. The SMILES string of the molecule is Oc1cccc2cc(OCCOCCOc3ccc4c(O)cccc4c3)ccc12. The smallest absolute Gasteiger partial charge is 0.123 e. The van der Waals surface area contributed by atoms with Gasteiger partial charge in [0.1, 0.15) is 36.2 Å². The Bertz CT molecular complexity index is 1030. The summed E-state index contributed by atoms with van der Waals surface area (Å²) in [6.07, 6.45) is 0. The van der Waals surface area contributed by atoms with E-state index in [1.54, 1.807) is 12.1 Å². The summed E-state index contributed by atoms with van der Waals surface area (Å²) < 4.78 is 17.0. The van der Waals surface area contributed by atoms with E-state index in [4.69, 9.17) is 14.2 Å². The van der Waals surface area contributed by atoms with E-state index < -0.39 is 0 Å². The highest BCUT2D eigenvalue weighted by Crippen LogP contribution is 2.28. The number of fused-ring (bicyclic) bond motifs is 2. The molecule has 29 heavy (non-hydrogen) atoms. The maximum atomic E-state index is 9.82. The minimum Gasteiger partial charge on any atom is -0.507 e. The molecular formula is C24H22O5. The van der Waals surface area contributed by atoms with Gasteiger partial charge in [0.15, 0.2) is 0 Å². The number of ether oxygens (including phenoxy) is 3. The van der Waals surface area contributed by atoms with E-state index in [0.717, 1.165) is 33.0 Å². The lowest BCUT2D eigenvalue weighted by atomic mass is 10.1. The molecule has 148 valence electrons. The molecule has 0 atom stereocenters. The fourth-order valence-electron chi connectivity index (χ4n) is 3.21. The van der Waals surface area contributed by atoms with Crippen molar-refractivity contribution in [1.82, 2.24) is 0 Å². The molecule has 5 nitrogen and oxygen atoms in total. The summed E-state index contributed by atoms with van der Waals surface area (Å²) in [5.41, 5.74) is 0. The first-order valence-corrected chi connectivity index (χ1v) is 9.47. The third kappa shape index (κ3) is 4.52. The molecule has 5 heteroatoms. The van der Waals surface area contributed by atoms with Crippen molar-refractivity contribution < 1.29 is 24.4 Å². The maximum Gasteiger partial charge on any atom is 0.123 e. The normalized spacial score (nSPS) is 11.0. The Balaban J connectivity index is 1.19. The molecule has 0 saturated carbocycles. The Kier molecular flexibility index (Phi) is 5.68. The van der Waals surface area contributed by atoms with Crippen molar-refractivity contribution in [3.8, 4) is 23.0 Å². The number of hydrogen-bond acceptors (Lipinski definition) is 5. The van der Waals surface area contributed by atoms with Crippen LogP contribution in [0.5, 0.6) is 23.0 Å². The topological polar surface area (TPSA) is 68.2 Å². The summed E-state index contributed by atoms with van der Waals surface area (Å²) in [7, 11) is 0. The Hall–Kier alpha value is -3.44. The Labute approximate surface area is 168 Å². The van der Waals surface area contributed by atoms with E-state index in [2.05, 4.69) is 0 Å². The molecule has 0 aliphatic carbocycles. The number of benzene rings is 4. The van der Waals surface area contributed by atoms with Crippen LogP contribution in [0.15, 0.2) is 72.8 Å². The molecule has 0 aliphatic heterocycles. The minimum absolute atomic E-state index is 0.264. The quantitative estimate of drug-likeness (QED) is 0.420. The van der Waals surface area contributed by atoms with Crippen LogP contribution in [0.1, 0.15) is 0 Å². The molecule has 0 heterocycles. The van der Waals surface area contributed by atoms with Gasteiger partial charge < -0.3 is 24.4 Å². The number of rotatable bonds is 8. The van der Waals surface area contributed by atoms with Crippen LogP contribution < -0.4 is 9.47 Å². The van der Waals surface area contributed by atoms with Gasteiger partial charge in [0.25, 0.3) is 0 Å². The molecule has 2 N–H and O–H groups in total. The molecule has 0 amide bonds. The molecule has 0 unspecified atom stereocenters. The average Bonchev–Trinajstić information content (AvgIpc) is 2.73. The number of aromatic hydroxyl groups is 2.